The monoisotopic (exact) mass is 348 g/mol. The second-order valence-corrected chi connectivity index (χ2v) is 6.92. The molecule has 6 heteroatoms. The normalized spacial score (nSPS) is 11.0. The van der Waals surface area contributed by atoms with Crippen LogP contribution in [0.3, 0.4) is 0 Å². The van der Waals surface area contributed by atoms with Crippen molar-refractivity contribution in [1.29, 1.82) is 0 Å². The first-order chi connectivity index (χ1) is 11.3. The summed E-state index contributed by atoms with van der Waals surface area (Å²) in [6.07, 6.45) is 0. The summed E-state index contributed by atoms with van der Waals surface area (Å²) >= 11 is 1.22. The van der Waals surface area contributed by atoms with Crippen LogP contribution in [-0.4, -0.2) is 31.3 Å². The summed E-state index contributed by atoms with van der Waals surface area (Å²) in [5.74, 6) is -0.659. The quantitative estimate of drug-likeness (QED) is 0.766. The number of rotatable bonds is 5. The maximum absolute atomic E-state index is 11.9. The second-order valence-electron chi connectivity index (χ2n) is 6.04. The van der Waals surface area contributed by atoms with Crippen LogP contribution in [0.5, 0.6) is 5.75 Å². The summed E-state index contributed by atoms with van der Waals surface area (Å²) in [4.78, 5) is 24.2. The molecule has 0 fully saturated rings. The number of ether oxygens (including phenoxy) is 3. The molecular weight excluding hydrogens is 328 g/mol. The molecule has 0 radical (unpaired) electrons. The molecule has 0 aliphatic rings. The van der Waals surface area contributed by atoms with Gasteiger partial charge in [-0.2, -0.15) is 0 Å². The first-order valence-electron chi connectivity index (χ1n) is 7.41. The zero-order valence-corrected chi connectivity index (χ0v) is 14.9. The Morgan fingerprint density at radius 3 is 2.38 bits per heavy atom. The Morgan fingerprint density at radius 2 is 1.79 bits per heavy atom. The molecule has 24 heavy (non-hydrogen) atoms. The Hall–Kier alpha value is -2.34. The first-order valence-corrected chi connectivity index (χ1v) is 8.29. The molecule has 0 bridgehead atoms. The van der Waals surface area contributed by atoms with E-state index in [1.807, 2.05) is 35.7 Å². The van der Waals surface area contributed by atoms with Gasteiger partial charge in [-0.3, -0.25) is 0 Å². The van der Waals surface area contributed by atoms with Crippen LogP contribution in [0.4, 0.5) is 0 Å². The van der Waals surface area contributed by atoms with Crippen LogP contribution < -0.4 is 4.74 Å². The summed E-state index contributed by atoms with van der Waals surface area (Å²) in [5, 5.41) is 1.81. The molecule has 0 spiro atoms. The average Bonchev–Trinajstić information content (AvgIpc) is 2.95. The van der Waals surface area contributed by atoms with Crippen molar-refractivity contribution in [3.8, 4) is 16.9 Å². The number of esters is 2. The molecule has 128 valence electrons. The zero-order valence-electron chi connectivity index (χ0n) is 14.1. The van der Waals surface area contributed by atoms with Crippen molar-refractivity contribution < 1.29 is 23.8 Å². The van der Waals surface area contributed by atoms with Crippen LogP contribution in [0.2, 0.25) is 0 Å². The standard InChI is InChI=1S/C18H20O5S/c1-18(2,3)23-14(19)10-22-15-13(12-8-6-5-7-9-12)11-24-16(15)17(20)21-4/h5-9,11H,10H2,1-4H3. The predicted molar refractivity (Wildman–Crippen MR) is 92.4 cm³/mol. The number of carbonyl (C=O) groups excluding carboxylic acids is 2. The van der Waals surface area contributed by atoms with E-state index in [-0.39, 0.29) is 6.61 Å². The fourth-order valence-corrected chi connectivity index (χ4v) is 2.98. The predicted octanol–water partition coefficient (Wildman–Crippen LogP) is 3.92. The van der Waals surface area contributed by atoms with E-state index in [1.165, 1.54) is 18.4 Å². The molecule has 0 N–H and O–H groups in total. The number of methoxy groups -OCH3 is 1. The van der Waals surface area contributed by atoms with Crippen molar-refractivity contribution in [2.75, 3.05) is 13.7 Å². The smallest absolute Gasteiger partial charge is 0.351 e. The summed E-state index contributed by atoms with van der Waals surface area (Å²) < 4.78 is 15.6. The minimum absolute atomic E-state index is 0.280. The van der Waals surface area contributed by atoms with Crippen molar-refractivity contribution >= 4 is 23.3 Å². The number of hydrogen-bond acceptors (Lipinski definition) is 6. The molecule has 0 amide bonds. The van der Waals surface area contributed by atoms with E-state index in [4.69, 9.17) is 14.2 Å². The number of hydrogen-bond donors (Lipinski definition) is 0. The maximum Gasteiger partial charge on any atom is 0.351 e. The lowest BCUT2D eigenvalue weighted by atomic mass is 10.1. The van der Waals surface area contributed by atoms with Gasteiger partial charge in [0.1, 0.15) is 5.60 Å². The van der Waals surface area contributed by atoms with E-state index in [2.05, 4.69) is 0 Å². The summed E-state index contributed by atoms with van der Waals surface area (Å²) in [7, 11) is 1.31. The fourth-order valence-electron chi connectivity index (χ4n) is 2.04. The lowest BCUT2D eigenvalue weighted by molar-refractivity contribution is -0.157. The van der Waals surface area contributed by atoms with Gasteiger partial charge in [-0.25, -0.2) is 9.59 Å². The molecular formula is C18H20O5S. The van der Waals surface area contributed by atoms with E-state index >= 15 is 0 Å². The fraction of sp³-hybridized carbons (Fsp3) is 0.333. The van der Waals surface area contributed by atoms with E-state index in [9.17, 15) is 9.59 Å². The van der Waals surface area contributed by atoms with Gasteiger partial charge in [-0.1, -0.05) is 30.3 Å². The summed E-state index contributed by atoms with van der Waals surface area (Å²) in [5.41, 5.74) is 1.04. The third-order valence-electron chi connectivity index (χ3n) is 2.96. The van der Waals surface area contributed by atoms with Gasteiger partial charge in [-0.15, -0.1) is 11.3 Å². The van der Waals surface area contributed by atoms with Crippen molar-refractivity contribution in [1.82, 2.24) is 0 Å². The topological polar surface area (TPSA) is 61.8 Å². The van der Waals surface area contributed by atoms with Crippen LogP contribution in [0.1, 0.15) is 30.4 Å². The minimum Gasteiger partial charge on any atom is -0.479 e. The number of carbonyl (C=O) groups is 2. The maximum atomic E-state index is 11.9. The highest BCUT2D eigenvalue weighted by Crippen LogP contribution is 2.38. The van der Waals surface area contributed by atoms with E-state index < -0.39 is 17.5 Å². The number of thiophene rings is 1. The Labute approximate surface area is 145 Å². The van der Waals surface area contributed by atoms with Crippen LogP contribution >= 0.6 is 11.3 Å². The molecule has 2 aromatic rings. The van der Waals surface area contributed by atoms with Gasteiger partial charge in [0.2, 0.25) is 0 Å². The SMILES string of the molecule is COC(=O)c1scc(-c2ccccc2)c1OCC(=O)OC(C)(C)C. The van der Waals surface area contributed by atoms with Gasteiger partial charge in [0, 0.05) is 10.9 Å². The molecule has 5 nitrogen and oxygen atoms in total. The summed E-state index contributed by atoms with van der Waals surface area (Å²) in [6.45, 7) is 5.07. The lowest BCUT2D eigenvalue weighted by Gasteiger charge is -2.19. The first kappa shape index (κ1) is 18.0. The van der Waals surface area contributed by atoms with Gasteiger partial charge in [0.25, 0.3) is 0 Å². The zero-order chi connectivity index (χ0) is 17.7. The van der Waals surface area contributed by atoms with Crippen LogP contribution in [0.15, 0.2) is 35.7 Å². The Bertz CT molecular complexity index is 713. The van der Waals surface area contributed by atoms with Crippen LogP contribution in [-0.2, 0) is 14.3 Å². The Balaban J connectivity index is 2.27. The summed E-state index contributed by atoms with van der Waals surface area (Å²) in [6, 6.07) is 9.50. The van der Waals surface area contributed by atoms with E-state index in [0.717, 1.165) is 11.1 Å². The second kappa shape index (κ2) is 7.49. The number of benzene rings is 1. The van der Waals surface area contributed by atoms with Crippen LogP contribution in [0.25, 0.3) is 11.1 Å². The molecule has 0 atom stereocenters. The third kappa shape index (κ3) is 4.58. The highest BCUT2D eigenvalue weighted by atomic mass is 32.1. The molecule has 0 aliphatic heterocycles. The van der Waals surface area contributed by atoms with Gasteiger partial charge in [-0.05, 0) is 26.3 Å². The average molecular weight is 348 g/mol. The van der Waals surface area contributed by atoms with Gasteiger partial charge < -0.3 is 14.2 Å². The minimum atomic E-state index is -0.595. The molecule has 0 saturated heterocycles. The molecule has 0 saturated carbocycles. The van der Waals surface area contributed by atoms with Crippen LogP contribution in [0, 0.1) is 0 Å². The van der Waals surface area contributed by atoms with Crippen molar-refractivity contribution in [3.05, 3.63) is 40.6 Å². The molecule has 0 unspecified atom stereocenters. The van der Waals surface area contributed by atoms with Crippen molar-refractivity contribution in [2.24, 2.45) is 0 Å². The highest BCUT2D eigenvalue weighted by molar-refractivity contribution is 7.12. The molecule has 1 aromatic heterocycles. The van der Waals surface area contributed by atoms with E-state index in [1.54, 1.807) is 20.8 Å². The molecule has 0 aliphatic carbocycles. The van der Waals surface area contributed by atoms with Gasteiger partial charge in [0.05, 0.1) is 7.11 Å². The van der Waals surface area contributed by atoms with Gasteiger partial charge >= 0.3 is 11.9 Å². The molecule has 1 heterocycles. The van der Waals surface area contributed by atoms with E-state index in [0.29, 0.717) is 10.6 Å². The Kier molecular flexibility index (Phi) is 5.62. The Morgan fingerprint density at radius 1 is 1.12 bits per heavy atom. The van der Waals surface area contributed by atoms with Crippen molar-refractivity contribution in [2.45, 2.75) is 26.4 Å². The third-order valence-corrected chi connectivity index (χ3v) is 3.90. The largest absolute Gasteiger partial charge is 0.479 e. The van der Waals surface area contributed by atoms with Gasteiger partial charge in [0.15, 0.2) is 17.2 Å². The molecule has 2 rings (SSSR count). The van der Waals surface area contributed by atoms with Crippen molar-refractivity contribution in [3.63, 3.8) is 0 Å². The highest BCUT2D eigenvalue weighted by Gasteiger charge is 2.23. The lowest BCUT2D eigenvalue weighted by Crippen LogP contribution is -2.27. The molecule has 1 aromatic carbocycles.